The zero-order valence-corrected chi connectivity index (χ0v) is 14.1. The largest absolute Gasteiger partial charge is 0.339 e. The third kappa shape index (κ3) is 3.86. The molecule has 1 aromatic carbocycles. The maximum absolute atomic E-state index is 13.1. The average molecular weight is 341 g/mol. The van der Waals surface area contributed by atoms with Gasteiger partial charge in [0.05, 0.1) is 6.07 Å². The van der Waals surface area contributed by atoms with Gasteiger partial charge in [0.15, 0.2) is 0 Å². The number of nitrogens with zero attached hydrogens (tertiary/aromatic N) is 5. The van der Waals surface area contributed by atoms with E-state index in [2.05, 4.69) is 11.1 Å². The zero-order valence-electron chi connectivity index (χ0n) is 14.1. The number of halogens is 1. The molecule has 3 rings (SSSR count). The van der Waals surface area contributed by atoms with E-state index < -0.39 is 6.04 Å². The fourth-order valence-corrected chi connectivity index (χ4v) is 3.06. The molecule has 1 amide bonds. The SMILES string of the molecule is Cc1nccn1CC(=O)N1CCN(C(C#N)c2ccc(F)cc2)CC1. The number of carbonyl (C=O) groups is 1. The predicted molar refractivity (Wildman–Crippen MR) is 89.9 cm³/mol. The topological polar surface area (TPSA) is 65.2 Å². The molecule has 1 aliphatic heterocycles. The summed E-state index contributed by atoms with van der Waals surface area (Å²) in [6.07, 6.45) is 3.48. The average Bonchev–Trinajstić information content (AvgIpc) is 3.02. The van der Waals surface area contributed by atoms with E-state index in [-0.39, 0.29) is 18.3 Å². The van der Waals surface area contributed by atoms with Crippen molar-refractivity contribution in [3.8, 4) is 6.07 Å². The number of hydrogen-bond donors (Lipinski definition) is 0. The van der Waals surface area contributed by atoms with Gasteiger partial charge in [-0.1, -0.05) is 12.1 Å². The maximum atomic E-state index is 13.1. The number of hydrogen-bond acceptors (Lipinski definition) is 4. The first kappa shape index (κ1) is 17.1. The molecule has 0 bridgehead atoms. The minimum Gasteiger partial charge on any atom is -0.339 e. The quantitative estimate of drug-likeness (QED) is 0.850. The van der Waals surface area contributed by atoms with Crippen LogP contribution in [0.3, 0.4) is 0 Å². The second-order valence-electron chi connectivity index (χ2n) is 6.10. The Morgan fingerprint density at radius 2 is 1.96 bits per heavy atom. The van der Waals surface area contributed by atoms with Gasteiger partial charge in [0.25, 0.3) is 0 Å². The third-order valence-corrected chi connectivity index (χ3v) is 4.57. The summed E-state index contributed by atoms with van der Waals surface area (Å²) in [6.45, 7) is 4.53. The molecule has 0 saturated carbocycles. The van der Waals surface area contributed by atoms with E-state index in [0.717, 1.165) is 11.4 Å². The monoisotopic (exact) mass is 341 g/mol. The van der Waals surface area contributed by atoms with Crippen LogP contribution in [0.4, 0.5) is 4.39 Å². The number of aryl methyl sites for hydroxylation is 1. The van der Waals surface area contributed by atoms with Gasteiger partial charge in [0.1, 0.15) is 24.2 Å². The first-order chi connectivity index (χ1) is 12.1. The van der Waals surface area contributed by atoms with Gasteiger partial charge in [-0.05, 0) is 24.6 Å². The van der Waals surface area contributed by atoms with E-state index >= 15 is 0 Å². The fourth-order valence-electron chi connectivity index (χ4n) is 3.06. The summed E-state index contributed by atoms with van der Waals surface area (Å²) in [5.74, 6) is 0.550. The predicted octanol–water partition coefficient (Wildman–Crippen LogP) is 1.74. The number of benzene rings is 1. The van der Waals surface area contributed by atoms with Crippen molar-refractivity contribution in [2.24, 2.45) is 0 Å². The van der Waals surface area contributed by atoms with Crippen molar-refractivity contribution in [1.82, 2.24) is 19.4 Å². The lowest BCUT2D eigenvalue weighted by Crippen LogP contribution is -2.50. The van der Waals surface area contributed by atoms with Crippen LogP contribution in [0.5, 0.6) is 0 Å². The van der Waals surface area contributed by atoms with E-state index in [0.29, 0.717) is 26.2 Å². The molecular weight excluding hydrogens is 321 g/mol. The molecule has 7 heteroatoms. The normalized spacial score (nSPS) is 16.4. The van der Waals surface area contributed by atoms with Gasteiger partial charge in [-0.3, -0.25) is 9.69 Å². The Balaban J connectivity index is 1.59. The van der Waals surface area contributed by atoms with Crippen LogP contribution in [0.2, 0.25) is 0 Å². The minimum atomic E-state index is -0.422. The lowest BCUT2D eigenvalue weighted by Gasteiger charge is -2.37. The van der Waals surface area contributed by atoms with Gasteiger partial charge in [0, 0.05) is 38.6 Å². The number of nitriles is 1. The summed E-state index contributed by atoms with van der Waals surface area (Å²) in [6, 6.07) is 7.88. The van der Waals surface area contributed by atoms with E-state index in [1.807, 2.05) is 21.3 Å². The van der Waals surface area contributed by atoms with Crippen molar-refractivity contribution < 1.29 is 9.18 Å². The number of aromatic nitrogens is 2. The molecule has 0 N–H and O–H groups in total. The van der Waals surface area contributed by atoms with Crippen LogP contribution in [0.25, 0.3) is 0 Å². The van der Waals surface area contributed by atoms with Crippen LogP contribution >= 0.6 is 0 Å². The van der Waals surface area contributed by atoms with Gasteiger partial charge < -0.3 is 9.47 Å². The first-order valence-electron chi connectivity index (χ1n) is 8.23. The Hall–Kier alpha value is -2.72. The van der Waals surface area contributed by atoms with Gasteiger partial charge in [-0.15, -0.1) is 0 Å². The highest BCUT2D eigenvalue weighted by molar-refractivity contribution is 5.76. The molecule has 1 unspecified atom stereocenters. The van der Waals surface area contributed by atoms with E-state index in [1.54, 1.807) is 24.5 Å². The standard InChI is InChI=1S/C18H20FN5O/c1-14-21-6-7-24(14)13-18(25)23-10-8-22(9-11-23)17(12-20)15-2-4-16(19)5-3-15/h2-7,17H,8-11,13H2,1H3. The van der Waals surface area contributed by atoms with Crippen molar-refractivity contribution in [1.29, 1.82) is 5.26 Å². The Kier molecular flexibility index (Phi) is 5.10. The van der Waals surface area contributed by atoms with Crippen LogP contribution in [-0.2, 0) is 11.3 Å². The van der Waals surface area contributed by atoms with Gasteiger partial charge in [-0.2, -0.15) is 5.26 Å². The molecular formula is C18H20FN5O. The molecule has 6 nitrogen and oxygen atoms in total. The second kappa shape index (κ2) is 7.45. The molecule has 25 heavy (non-hydrogen) atoms. The molecule has 1 atom stereocenters. The first-order valence-corrected chi connectivity index (χ1v) is 8.23. The number of amides is 1. The summed E-state index contributed by atoms with van der Waals surface area (Å²) in [4.78, 5) is 20.4. The maximum Gasteiger partial charge on any atom is 0.242 e. The molecule has 1 aromatic heterocycles. The van der Waals surface area contributed by atoms with E-state index in [1.165, 1.54) is 12.1 Å². The van der Waals surface area contributed by atoms with Crippen molar-refractivity contribution in [2.45, 2.75) is 19.5 Å². The van der Waals surface area contributed by atoms with E-state index in [4.69, 9.17) is 0 Å². The lowest BCUT2D eigenvalue weighted by molar-refractivity contribution is -0.133. The highest BCUT2D eigenvalue weighted by atomic mass is 19.1. The summed E-state index contributed by atoms with van der Waals surface area (Å²) < 4.78 is 14.9. The summed E-state index contributed by atoms with van der Waals surface area (Å²) in [5, 5.41) is 9.50. The van der Waals surface area contributed by atoms with Crippen molar-refractivity contribution in [2.75, 3.05) is 26.2 Å². The number of rotatable bonds is 4. The molecule has 0 radical (unpaired) electrons. The van der Waals surface area contributed by atoms with Gasteiger partial charge in [0.2, 0.25) is 5.91 Å². The highest BCUT2D eigenvalue weighted by Crippen LogP contribution is 2.22. The summed E-state index contributed by atoms with van der Waals surface area (Å²) in [5.41, 5.74) is 0.776. The molecule has 0 aliphatic carbocycles. The fraction of sp³-hybridized carbons (Fsp3) is 0.389. The molecule has 1 fully saturated rings. The molecule has 130 valence electrons. The van der Waals surface area contributed by atoms with Crippen LogP contribution in [0.15, 0.2) is 36.7 Å². The van der Waals surface area contributed by atoms with E-state index in [9.17, 15) is 14.4 Å². The third-order valence-electron chi connectivity index (χ3n) is 4.57. The van der Waals surface area contributed by atoms with Crippen LogP contribution in [0.1, 0.15) is 17.4 Å². The van der Waals surface area contributed by atoms with Gasteiger partial charge >= 0.3 is 0 Å². The lowest BCUT2D eigenvalue weighted by atomic mass is 10.1. The Bertz CT molecular complexity index is 772. The Morgan fingerprint density at radius 3 is 2.52 bits per heavy atom. The number of imidazole rings is 1. The van der Waals surface area contributed by atoms with Crippen molar-refractivity contribution >= 4 is 5.91 Å². The highest BCUT2D eigenvalue weighted by Gasteiger charge is 2.27. The molecule has 0 spiro atoms. The molecule has 2 aromatic rings. The summed E-state index contributed by atoms with van der Waals surface area (Å²) in [7, 11) is 0. The smallest absolute Gasteiger partial charge is 0.242 e. The van der Waals surface area contributed by atoms with Crippen LogP contribution < -0.4 is 0 Å². The number of piperazine rings is 1. The van der Waals surface area contributed by atoms with Crippen LogP contribution in [0, 0.1) is 24.1 Å². The zero-order chi connectivity index (χ0) is 17.8. The van der Waals surface area contributed by atoms with Crippen molar-refractivity contribution in [3.63, 3.8) is 0 Å². The molecule has 1 saturated heterocycles. The molecule has 1 aliphatic rings. The van der Waals surface area contributed by atoms with Gasteiger partial charge in [-0.25, -0.2) is 9.37 Å². The summed E-state index contributed by atoms with van der Waals surface area (Å²) >= 11 is 0. The second-order valence-corrected chi connectivity index (χ2v) is 6.10. The van der Waals surface area contributed by atoms with Crippen molar-refractivity contribution in [3.05, 3.63) is 53.9 Å². The molecule has 2 heterocycles. The van der Waals surface area contributed by atoms with Crippen LogP contribution in [-0.4, -0.2) is 51.4 Å². The Morgan fingerprint density at radius 1 is 1.28 bits per heavy atom. The minimum absolute atomic E-state index is 0.0519. The Labute approximate surface area is 146 Å². The number of carbonyl (C=O) groups excluding carboxylic acids is 1.